The van der Waals surface area contributed by atoms with Gasteiger partial charge in [-0.25, -0.2) is 9.67 Å². The fourth-order valence-corrected chi connectivity index (χ4v) is 3.02. The van der Waals surface area contributed by atoms with Gasteiger partial charge >= 0.3 is 0 Å². The molecule has 0 aliphatic rings. The van der Waals surface area contributed by atoms with E-state index >= 15 is 0 Å². The minimum Gasteiger partial charge on any atom is -0.444 e. The van der Waals surface area contributed by atoms with Gasteiger partial charge in [0.2, 0.25) is 11.0 Å². The monoisotopic (exact) mass is 308 g/mol. The summed E-state index contributed by atoms with van der Waals surface area (Å²) >= 11 is 3.11. The Labute approximate surface area is 123 Å². The van der Waals surface area contributed by atoms with Crippen LogP contribution in [0, 0.1) is 0 Å². The first kappa shape index (κ1) is 13.3. The third-order valence-corrected chi connectivity index (χ3v) is 4.32. The van der Waals surface area contributed by atoms with E-state index in [4.69, 9.17) is 10.2 Å². The highest BCUT2D eigenvalue weighted by Gasteiger charge is 2.10. The van der Waals surface area contributed by atoms with Crippen LogP contribution in [0.1, 0.15) is 5.69 Å². The first-order chi connectivity index (χ1) is 9.86. The Morgan fingerprint density at radius 3 is 3.20 bits per heavy atom. The van der Waals surface area contributed by atoms with Crippen LogP contribution in [0.3, 0.4) is 0 Å². The summed E-state index contributed by atoms with van der Waals surface area (Å²) in [5, 5.41) is 14.2. The van der Waals surface area contributed by atoms with Crippen molar-refractivity contribution in [2.45, 2.75) is 17.5 Å². The number of nitrogens with two attached hydrogens (primary N) is 1. The van der Waals surface area contributed by atoms with E-state index in [0.717, 1.165) is 15.7 Å². The summed E-state index contributed by atoms with van der Waals surface area (Å²) in [5.74, 6) is 1.30. The summed E-state index contributed by atoms with van der Waals surface area (Å²) in [6, 6.07) is 3.95. The van der Waals surface area contributed by atoms with Gasteiger partial charge in [-0.3, -0.25) is 0 Å². The van der Waals surface area contributed by atoms with Gasteiger partial charge in [-0.15, -0.1) is 16.4 Å². The summed E-state index contributed by atoms with van der Waals surface area (Å²) < 4.78 is 7.15. The third-order valence-electron chi connectivity index (χ3n) is 2.47. The molecule has 0 saturated heterocycles. The molecular formula is C11H12N6OS2. The van der Waals surface area contributed by atoms with Crippen molar-refractivity contribution in [1.82, 2.24) is 25.2 Å². The molecular weight excluding hydrogens is 296 g/mol. The molecule has 0 aliphatic carbocycles. The average Bonchev–Trinajstić information content (AvgIpc) is 3.18. The van der Waals surface area contributed by atoms with Crippen molar-refractivity contribution in [2.24, 2.45) is 5.73 Å². The molecule has 3 aromatic heterocycles. The molecule has 3 aromatic rings. The van der Waals surface area contributed by atoms with Gasteiger partial charge < -0.3 is 10.2 Å². The molecule has 0 spiro atoms. The highest BCUT2D eigenvalue weighted by atomic mass is 32.2. The second-order valence-electron chi connectivity index (χ2n) is 3.88. The van der Waals surface area contributed by atoms with Crippen LogP contribution in [0.5, 0.6) is 0 Å². The Hall–Kier alpha value is -1.71. The van der Waals surface area contributed by atoms with Crippen LogP contribution in [-0.2, 0) is 12.3 Å². The quantitative estimate of drug-likeness (QED) is 0.691. The lowest BCUT2D eigenvalue weighted by molar-refractivity contribution is 0.556. The van der Waals surface area contributed by atoms with Gasteiger partial charge in [-0.2, -0.15) is 0 Å². The Morgan fingerprint density at radius 1 is 1.45 bits per heavy atom. The number of tetrazole rings is 1. The van der Waals surface area contributed by atoms with Gasteiger partial charge in [0.1, 0.15) is 6.26 Å². The average molecular weight is 308 g/mol. The molecule has 0 unspecified atom stereocenters. The third kappa shape index (κ3) is 2.89. The second kappa shape index (κ2) is 6.16. The smallest absolute Gasteiger partial charge is 0.236 e. The van der Waals surface area contributed by atoms with Crippen molar-refractivity contribution in [3.8, 4) is 10.8 Å². The summed E-state index contributed by atoms with van der Waals surface area (Å²) in [6.07, 6.45) is 1.67. The number of rotatable bonds is 6. The minimum absolute atomic E-state index is 0.505. The summed E-state index contributed by atoms with van der Waals surface area (Å²) in [7, 11) is 0. The van der Waals surface area contributed by atoms with E-state index in [9.17, 15) is 0 Å². The number of aromatic nitrogens is 5. The molecule has 9 heteroatoms. The van der Waals surface area contributed by atoms with Crippen molar-refractivity contribution in [2.75, 3.05) is 6.54 Å². The highest BCUT2D eigenvalue weighted by Crippen LogP contribution is 2.26. The number of hydrogen-bond donors (Lipinski definition) is 1. The highest BCUT2D eigenvalue weighted by molar-refractivity contribution is 7.98. The zero-order valence-corrected chi connectivity index (χ0v) is 12.1. The van der Waals surface area contributed by atoms with Gasteiger partial charge in [0.15, 0.2) is 0 Å². The van der Waals surface area contributed by atoms with Gasteiger partial charge in [-0.05, 0) is 21.9 Å². The lowest BCUT2D eigenvalue weighted by Crippen LogP contribution is -2.12. The lowest BCUT2D eigenvalue weighted by atomic mass is 10.5. The van der Waals surface area contributed by atoms with E-state index in [-0.39, 0.29) is 0 Å². The Kier molecular flexibility index (Phi) is 4.09. The van der Waals surface area contributed by atoms with Crippen LogP contribution >= 0.6 is 23.1 Å². The van der Waals surface area contributed by atoms with Crippen molar-refractivity contribution < 1.29 is 4.42 Å². The van der Waals surface area contributed by atoms with Gasteiger partial charge in [0.25, 0.3) is 0 Å². The van der Waals surface area contributed by atoms with Crippen molar-refractivity contribution >= 4 is 23.1 Å². The van der Waals surface area contributed by atoms with E-state index in [0.29, 0.717) is 24.7 Å². The van der Waals surface area contributed by atoms with Crippen molar-refractivity contribution in [1.29, 1.82) is 0 Å². The predicted octanol–water partition coefficient (Wildman–Crippen LogP) is 1.64. The topological polar surface area (TPSA) is 95.7 Å². The predicted molar refractivity (Wildman–Crippen MR) is 76.2 cm³/mol. The molecule has 3 heterocycles. The summed E-state index contributed by atoms with van der Waals surface area (Å²) in [5.41, 5.74) is 6.36. The Balaban J connectivity index is 1.65. The molecule has 0 atom stereocenters. The summed E-state index contributed by atoms with van der Waals surface area (Å²) in [6.45, 7) is 1.11. The van der Waals surface area contributed by atoms with Crippen LogP contribution in [0.2, 0.25) is 0 Å². The molecule has 0 radical (unpaired) electrons. The van der Waals surface area contributed by atoms with Crippen LogP contribution in [0.25, 0.3) is 10.8 Å². The number of nitrogens with zero attached hydrogens (tertiary/aromatic N) is 5. The zero-order chi connectivity index (χ0) is 13.8. The number of oxazole rings is 1. The first-order valence-corrected chi connectivity index (χ1v) is 7.80. The van der Waals surface area contributed by atoms with Gasteiger partial charge in [0.05, 0.1) is 17.1 Å². The molecule has 0 saturated carbocycles. The van der Waals surface area contributed by atoms with Crippen LogP contribution in [-0.4, -0.2) is 31.7 Å². The largest absolute Gasteiger partial charge is 0.444 e. The number of hydrogen-bond acceptors (Lipinski definition) is 8. The standard InChI is InChI=1S/C11H12N6OS2/c12-3-4-17-11(14-15-16-17)20-7-8-6-18-10(13-8)9-2-1-5-19-9/h1-2,5-6H,3-4,7,12H2. The lowest BCUT2D eigenvalue weighted by Gasteiger charge is -2.00. The molecule has 20 heavy (non-hydrogen) atoms. The molecule has 0 aromatic carbocycles. The fourth-order valence-electron chi connectivity index (χ4n) is 1.59. The first-order valence-electron chi connectivity index (χ1n) is 5.94. The van der Waals surface area contributed by atoms with Crippen LogP contribution < -0.4 is 5.73 Å². The summed E-state index contributed by atoms with van der Waals surface area (Å²) in [4.78, 5) is 5.47. The SMILES string of the molecule is NCCn1nnnc1SCc1coc(-c2cccs2)n1. The fraction of sp³-hybridized carbons (Fsp3) is 0.273. The van der Waals surface area contributed by atoms with E-state index in [1.807, 2.05) is 17.5 Å². The normalized spacial score (nSPS) is 11.1. The van der Waals surface area contributed by atoms with E-state index < -0.39 is 0 Å². The van der Waals surface area contributed by atoms with E-state index in [1.54, 1.807) is 22.3 Å². The number of thioether (sulfide) groups is 1. The van der Waals surface area contributed by atoms with Crippen molar-refractivity contribution in [3.05, 3.63) is 29.5 Å². The minimum atomic E-state index is 0.505. The maximum atomic E-state index is 5.50. The molecule has 3 rings (SSSR count). The zero-order valence-electron chi connectivity index (χ0n) is 10.5. The molecule has 0 bridgehead atoms. The Morgan fingerprint density at radius 2 is 2.40 bits per heavy atom. The molecule has 0 fully saturated rings. The van der Waals surface area contributed by atoms with E-state index in [2.05, 4.69) is 20.5 Å². The molecule has 2 N–H and O–H groups in total. The number of thiophene rings is 1. The second-order valence-corrected chi connectivity index (χ2v) is 5.77. The molecule has 7 nitrogen and oxygen atoms in total. The van der Waals surface area contributed by atoms with Gasteiger partial charge in [-0.1, -0.05) is 17.8 Å². The van der Waals surface area contributed by atoms with Crippen molar-refractivity contribution in [3.63, 3.8) is 0 Å². The van der Waals surface area contributed by atoms with Crippen LogP contribution in [0.15, 0.2) is 33.3 Å². The molecule has 0 aliphatic heterocycles. The molecule has 0 amide bonds. The van der Waals surface area contributed by atoms with Crippen LogP contribution in [0.4, 0.5) is 0 Å². The molecule has 104 valence electrons. The maximum absolute atomic E-state index is 5.50. The Bertz CT molecular complexity index is 662. The maximum Gasteiger partial charge on any atom is 0.236 e. The van der Waals surface area contributed by atoms with E-state index in [1.165, 1.54) is 11.8 Å². The van der Waals surface area contributed by atoms with Gasteiger partial charge in [0, 0.05) is 12.3 Å².